The van der Waals surface area contributed by atoms with Crippen molar-refractivity contribution < 1.29 is 9.53 Å². The Bertz CT molecular complexity index is 191. The number of piperidine rings is 1. The van der Waals surface area contributed by atoms with Gasteiger partial charge in [-0.1, -0.05) is 13.8 Å². The third-order valence-electron chi connectivity index (χ3n) is 2.76. The molecule has 1 N–H and O–H groups in total. The van der Waals surface area contributed by atoms with Crippen LogP contribution in [-0.4, -0.2) is 25.7 Å². The average Bonchev–Trinajstić information content (AvgIpc) is 2.18. The zero-order valence-corrected chi connectivity index (χ0v) is 11.1. The summed E-state index contributed by atoms with van der Waals surface area (Å²) in [4.78, 5) is 11.3. The molecule has 4 heteroatoms. The van der Waals surface area contributed by atoms with Crippen LogP contribution in [0, 0.1) is 11.8 Å². The quantitative estimate of drug-likeness (QED) is 0.761. The predicted octanol–water partition coefficient (Wildman–Crippen LogP) is 2.39. The first-order valence-corrected chi connectivity index (χ1v) is 6.05. The lowest BCUT2D eigenvalue weighted by atomic mass is 9.97. The summed E-state index contributed by atoms with van der Waals surface area (Å²) in [6.07, 6.45) is 4.08. The van der Waals surface area contributed by atoms with E-state index in [-0.39, 0.29) is 18.4 Å². The molecule has 1 heterocycles. The van der Waals surface area contributed by atoms with Crippen LogP contribution in [0.5, 0.6) is 0 Å². The minimum absolute atomic E-state index is 0. The summed E-state index contributed by atoms with van der Waals surface area (Å²) in [7, 11) is 0. The molecular weight excluding hydrogens is 226 g/mol. The molecule has 0 aliphatic carbocycles. The number of carbonyl (C=O) groups is 1. The van der Waals surface area contributed by atoms with E-state index in [9.17, 15) is 4.79 Å². The first-order chi connectivity index (χ1) is 7.18. The van der Waals surface area contributed by atoms with Crippen LogP contribution in [0.25, 0.3) is 0 Å². The van der Waals surface area contributed by atoms with Gasteiger partial charge in [0, 0.05) is 6.42 Å². The number of halogens is 1. The molecule has 1 rings (SSSR count). The van der Waals surface area contributed by atoms with Crippen LogP contribution in [0.2, 0.25) is 0 Å². The fourth-order valence-electron chi connectivity index (χ4n) is 1.90. The predicted molar refractivity (Wildman–Crippen MR) is 67.9 cm³/mol. The molecule has 0 aromatic rings. The van der Waals surface area contributed by atoms with Gasteiger partial charge in [0.25, 0.3) is 0 Å². The zero-order valence-electron chi connectivity index (χ0n) is 10.3. The Hall–Kier alpha value is -0.280. The summed E-state index contributed by atoms with van der Waals surface area (Å²) in [6, 6.07) is 0. The molecular formula is C12H24ClNO2. The van der Waals surface area contributed by atoms with E-state index in [1.165, 1.54) is 12.8 Å². The van der Waals surface area contributed by atoms with Gasteiger partial charge in [-0.15, -0.1) is 12.4 Å². The second-order valence-electron chi connectivity index (χ2n) is 4.82. The van der Waals surface area contributed by atoms with Crippen molar-refractivity contribution in [3.8, 4) is 0 Å². The Morgan fingerprint density at radius 2 is 2.25 bits per heavy atom. The largest absolute Gasteiger partial charge is 0.466 e. The topological polar surface area (TPSA) is 38.3 Å². The van der Waals surface area contributed by atoms with Crippen LogP contribution >= 0.6 is 12.4 Å². The van der Waals surface area contributed by atoms with E-state index in [0.717, 1.165) is 19.5 Å². The molecule has 16 heavy (non-hydrogen) atoms. The van der Waals surface area contributed by atoms with Crippen molar-refractivity contribution in [3.63, 3.8) is 0 Å². The lowest BCUT2D eigenvalue weighted by Gasteiger charge is -2.22. The van der Waals surface area contributed by atoms with Crippen molar-refractivity contribution in [2.75, 3.05) is 19.7 Å². The lowest BCUT2D eigenvalue weighted by molar-refractivity contribution is -0.144. The summed E-state index contributed by atoms with van der Waals surface area (Å²) < 4.78 is 5.19. The number of hydrogen-bond donors (Lipinski definition) is 1. The Morgan fingerprint density at radius 3 is 2.81 bits per heavy atom. The van der Waals surface area contributed by atoms with Crippen molar-refractivity contribution in [2.45, 2.75) is 39.5 Å². The second-order valence-corrected chi connectivity index (χ2v) is 4.82. The number of carbonyl (C=O) groups excluding carboxylic acids is 1. The van der Waals surface area contributed by atoms with E-state index < -0.39 is 0 Å². The fraction of sp³-hybridized carbons (Fsp3) is 0.917. The Kier molecular flexibility index (Phi) is 8.67. The maximum atomic E-state index is 11.3. The highest BCUT2D eigenvalue weighted by molar-refractivity contribution is 5.85. The number of hydrogen-bond acceptors (Lipinski definition) is 3. The van der Waals surface area contributed by atoms with Gasteiger partial charge in [-0.05, 0) is 44.2 Å². The first-order valence-electron chi connectivity index (χ1n) is 6.05. The lowest BCUT2D eigenvalue weighted by Crippen LogP contribution is -2.30. The summed E-state index contributed by atoms with van der Waals surface area (Å²) in [5.41, 5.74) is 0. The highest BCUT2D eigenvalue weighted by Gasteiger charge is 2.13. The third-order valence-corrected chi connectivity index (χ3v) is 2.76. The first kappa shape index (κ1) is 15.7. The van der Waals surface area contributed by atoms with Crippen molar-refractivity contribution in [1.29, 1.82) is 0 Å². The van der Waals surface area contributed by atoms with Gasteiger partial charge in [0.1, 0.15) is 0 Å². The van der Waals surface area contributed by atoms with Gasteiger partial charge in [-0.25, -0.2) is 0 Å². The van der Waals surface area contributed by atoms with E-state index in [1.54, 1.807) is 0 Å². The van der Waals surface area contributed by atoms with Crippen LogP contribution in [0.3, 0.4) is 0 Å². The number of rotatable bonds is 5. The summed E-state index contributed by atoms with van der Waals surface area (Å²) in [6.45, 7) is 6.89. The summed E-state index contributed by atoms with van der Waals surface area (Å²) in [5, 5.41) is 3.36. The van der Waals surface area contributed by atoms with Crippen LogP contribution in [-0.2, 0) is 9.53 Å². The fourth-order valence-corrected chi connectivity index (χ4v) is 1.90. The highest BCUT2D eigenvalue weighted by atomic mass is 35.5. The van der Waals surface area contributed by atoms with Crippen LogP contribution in [0.15, 0.2) is 0 Å². The average molecular weight is 250 g/mol. The van der Waals surface area contributed by atoms with Crippen molar-refractivity contribution >= 4 is 18.4 Å². The monoisotopic (exact) mass is 249 g/mol. The molecule has 1 fully saturated rings. The molecule has 0 aromatic heterocycles. The minimum Gasteiger partial charge on any atom is -0.466 e. The van der Waals surface area contributed by atoms with Gasteiger partial charge >= 0.3 is 5.97 Å². The summed E-state index contributed by atoms with van der Waals surface area (Å²) in [5.74, 6) is 1.05. The molecule has 0 saturated carbocycles. The molecule has 0 bridgehead atoms. The maximum absolute atomic E-state index is 11.3. The maximum Gasteiger partial charge on any atom is 0.306 e. The van der Waals surface area contributed by atoms with Gasteiger partial charge in [-0.3, -0.25) is 4.79 Å². The highest BCUT2D eigenvalue weighted by Crippen LogP contribution is 2.14. The molecule has 0 spiro atoms. The Morgan fingerprint density at radius 1 is 1.50 bits per heavy atom. The van der Waals surface area contributed by atoms with Crippen molar-refractivity contribution in [2.24, 2.45) is 11.8 Å². The molecule has 0 aromatic carbocycles. The zero-order chi connectivity index (χ0) is 11.1. The summed E-state index contributed by atoms with van der Waals surface area (Å²) >= 11 is 0. The van der Waals surface area contributed by atoms with Crippen LogP contribution in [0.1, 0.15) is 39.5 Å². The van der Waals surface area contributed by atoms with Gasteiger partial charge < -0.3 is 10.1 Å². The number of ether oxygens (including phenoxy) is 1. The van der Waals surface area contributed by atoms with Gasteiger partial charge in [0.2, 0.25) is 0 Å². The second kappa shape index (κ2) is 8.82. The van der Waals surface area contributed by atoms with E-state index in [1.807, 2.05) is 13.8 Å². The number of esters is 1. The van der Waals surface area contributed by atoms with Gasteiger partial charge in [0.15, 0.2) is 0 Å². The molecule has 1 aliphatic rings. The molecule has 1 saturated heterocycles. The van der Waals surface area contributed by atoms with Crippen LogP contribution < -0.4 is 5.32 Å². The van der Waals surface area contributed by atoms with Crippen molar-refractivity contribution in [1.82, 2.24) is 5.32 Å². The molecule has 1 atom stereocenters. The van der Waals surface area contributed by atoms with E-state index in [0.29, 0.717) is 24.9 Å². The molecule has 3 nitrogen and oxygen atoms in total. The normalized spacial score (nSPS) is 20.3. The van der Waals surface area contributed by atoms with E-state index >= 15 is 0 Å². The number of nitrogens with one attached hydrogen (secondary N) is 1. The molecule has 1 aliphatic heterocycles. The van der Waals surface area contributed by atoms with Gasteiger partial charge in [-0.2, -0.15) is 0 Å². The Labute approximate surface area is 105 Å². The van der Waals surface area contributed by atoms with Crippen molar-refractivity contribution in [3.05, 3.63) is 0 Å². The Balaban J connectivity index is 0.00000225. The third kappa shape index (κ3) is 7.07. The van der Waals surface area contributed by atoms with Gasteiger partial charge in [0.05, 0.1) is 6.61 Å². The van der Waals surface area contributed by atoms with E-state index in [2.05, 4.69) is 5.32 Å². The molecule has 0 amide bonds. The smallest absolute Gasteiger partial charge is 0.306 e. The SMILES string of the molecule is CC(C)CC(=O)OCCC1CCCNC1.Cl. The molecule has 96 valence electrons. The minimum atomic E-state index is -0.0474. The molecule has 1 unspecified atom stereocenters. The molecule has 0 radical (unpaired) electrons. The standard InChI is InChI=1S/C12H23NO2.ClH/c1-10(2)8-12(14)15-7-5-11-4-3-6-13-9-11;/h10-11,13H,3-9H2,1-2H3;1H. The van der Waals surface area contributed by atoms with E-state index in [4.69, 9.17) is 4.74 Å². The van der Waals surface area contributed by atoms with Crippen LogP contribution in [0.4, 0.5) is 0 Å².